The summed E-state index contributed by atoms with van der Waals surface area (Å²) in [6.07, 6.45) is 0. The predicted octanol–water partition coefficient (Wildman–Crippen LogP) is 2.24. The summed E-state index contributed by atoms with van der Waals surface area (Å²) < 4.78 is 32.2. The van der Waals surface area contributed by atoms with Gasteiger partial charge in [0.25, 0.3) is 5.91 Å². The van der Waals surface area contributed by atoms with Crippen molar-refractivity contribution in [3.05, 3.63) is 60.2 Å². The molecule has 7 nitrogen and oxygen atoms in total. The van der Waals surface area contributed by atoms with Crippen LogP contribution in [0, 0.1) is 0 Å². The Kier molecular flexibility index (Phi) is 9.10. The van der Waals surface area contributed by atoms with Gasteiger partial charge in [0.1, 0.15) is 5.75 Å². The molecule has 1 saturated heterocycles. The number of carbonyl (C=O) groups is 1. The maximum absolute atomic E-state index is 12.7. The Morgan fingerprint density at radius 3 is 2.23 bits per heavy atom. The number of sulfonamides is 1. The Morgan fingerprint density at radius 2 is 1.63 bits per heavy atom. The molecule has 0 bridgehead atoms. The number of nitrogens with zero attached hydrogens (tertiary/aromatic N) is 2. The van der Waals surface area contributed by atoms with Crippen LogP contribution >= 0.6 is 12.4 Å². The molecule has 2 aromatic rings. The molecule has 1 fully saturated rings. The third kappa shape index (κ3) is 6.18. The molecule has 1 N–H and O–H groups in total. The van der Waals surface area contributed by atoms with Crippen LogP contribution in [-0.4, -0.2) is 69.4 Å². The number of piperazine rings is 1. The molecular formula is C21H28ClN3O4S. The molecule has 0 aromatic heterocycles. The first-order valence-corrected chi connectivity index (χ1v) is 11.2. The average molecular weight is 454 g/mol. The highest BCUT2D eigenvalue weighted by molar-refractivity contribution is 7.89. The minimum Gasteiger partial charge on any atom is -0.494 e. The smallest absolute Gasteiger partial charge is 0.251 e. The van der Waals surface area contributed by atoms with Gasteiger partial charge in [0.05, 0.1) is 11.5 Å². The maximum atomic E-state index is 12.7. The van der Waals surface area contributed by atoms with Gasteiger partial charge in [-0.1, -0.05) is 18.2 Å². The molecule has 1 heterocycles. The molecule has 0 spiro atoms. The van der Waals surface area contributed by atoms with Crippen LogP contribution in [0.5, 0.6) is 5.75 Å². The normalized spacial score (nSPS) is 15.2. The lowest BCUT2D eigenvalue weighted by atomic mass is 10.2. The quantitative estimate of drug-likeness (QED) is 0.663. The molecule has 9 heteroatoms. The molecule has 3 rings (SSSR count). The number of ether oxygens (including phenoxy) is 1. The minimum atomic E-state index is -3.44. The molecule has 0 radical (unpaired) electrons. The molecule has 1 aliphatic heterocycles. The van der Waals surface area contributed by atoms with Crippen molar-refractivity contribution in [3.8, 4) is 5.75 Å². The maximum Gasteiger partial charge on any atom is 0.251 e. The molecule has 30 heavy (non-hydrogen) atoms. The molecule has 0 atom stereocenters. The fourth-order valence-electron chi connectivity index (χ4n) is 3.23. The Hall–Kier alpha value is -2.13. The summed E-state index contributed by atoms with van der Waals surface area (Å²) in [6.45, 7) is 5.88. The first-order valence-electron chi connectivity index (χ1n) is 9.79. The van der Waals surface area contributed by atoms with Gasteiger partial charge in [-0.25, -0.2) is 8.42 Å². The second kappa shape index (κ2) is 11.3. The third-order valence-electron chi connectivity index (χ3n) is 4.85. The number of halogens is 1. The van der Waals surface area contributed by atoms with Crippen LogP contribution in [0.3, 0.4) is 0 Å². The van der Waals surface area contributed by atoms with Gasteiger partial charge in [0, 0.05) is 44.8 Å². The van der Waals surface area contributed by atoms with Crippen molar-refractivity contribution in [1.82, 2.24) is 14.5 Å². The van der Waals surface area contributed by atoms with Crippen LogP contribution in [0.4, 0.5) is 0 Å². The number of carbonyl (C=O) groups excluding carboxylic acids is 1. The average Bonchev–Trinajstić information content (AvgIpc) is 2.75. The Balaban J connectivity index is 0.00000320. The lowest BCUT2D eigenvalue weighted by molar-refractivity contribution is 0.0945. The van der Waals surface area contributed by atoms with Gasteiger partial charge >= 0.3 is 0 Å². The van der Waals surface area contributed by atoms with Gasteiger partial charge < -0.3 is 10.1 Å². The van der Waals surface area contributed by atoms with Crippen molar-refractivity contribution in [1.29, 1.82) is 0 Å². The van der Waals surface area contributed by atoms with Gasteiger partial charge in [-0.15, -0.1) is 12.4 Å². The molecule has 0 unspecified atom stereocenters. The van der Waals surface area contributed by atoms with E-state index in [4.69, 9.17) is 4.74 Å². The van der Waals surface area contributed by atoms with E-state index in [9.17, 15) is 13.2 Å². The zero-order valence-corrected chi connectivity index (χ0v) is 18.6. The molecule has 0 aliphatic carbocycles. The van der Waals surface area contributed by atoms with Gasteiger partial charge in [0.15, 0.2) is 0 Å². The lowest BCUT2D eigenvalue weighted by Gasteiger charge is -2.33. The van der Waals surface area contributed by atoms with Crippen molar-refractivity contribution in [3.63, 3.8) is 0 Å². The lowest BCUT2D eigenvalue weighted by Crippen LogP contribution is -2.50. The van der Waals surface area contributed by atoms with E-state index >= 15 is 0 Å². The van der Waals surface area contributed by atoms with E-state index in [2.05, 4.69) is 10.2 Å². The standard InChI is InChI=1S/C21H27N3O4S.ClH/c1-2-28-19-10-8-18(9-11-19)21(25)22-12-13-23-14-16-24(17-15-23)29(26,27)20-6-4-3-5-7-20;/h3-11H,2,12-17H2,1H3,(H,22,25);1H. The molecule has 0 saturated carbocycles. The van der Waals surface area contributed by atoms with Gasteiger partial charge in [-0.05, 0) is 43.3 Å². The van der Waals surface area contributed by atoms with Crippen molar-refractivity contribution in [2.75, 3.05) is 45.9 Å². The second-order valence-corrected chi connectivity index (χ2v) is 8.71. The van der Waals surface area contributed by atoms with Crippen LogP contribution in [0.1, 0.15) is 17.3 Å². The first kappa shape index (κ1) is 24.1. The first-order chi connectivity index (χ1) is 14.0. The van der Waals surface area contributed by atoms with E-state index in [1.807, 2.05) is 6.92 Å². The van der Waals surface area contributed by atoms with Crippen LogP contribution < -0.4 is 10.1 Å². The molecule has 1 aliphatic rings. The largest absolute Gasteiger partial charge is 0.494 e. The van der Waals surface area contributed by atoms with Crippen molar-refractivity contribution >= 4 is 28.3 Å². The van der Waals surface area contributed by atoms with Gasteiger partial charge in [-0.2, -0.15) is 4.31 Å². The van der Waals surface area contributed by atoms with Gasteiger partial charge in [-0.3, -0.25) is 9.69 Å². The highest BCUT2D eigenvalue weighted by atomic mass is 35.5. The monoisotopic (exact) mass is 453 g/mol. The molecule has 164 valence electrons. The highest BCUT2D eigenvalue weighted by Crippen LogP contribution is 2.17. The summed E-state index contributed by atoms with van der Waals surface area (Å²) in [6, 6.07) is 15.6. The number of hydrogen-bond donors (Lipinski definition) is 1. The summed E-state index contributed by atoms with van der Waals surface area (Å²) in [5, 5.41) is 2.91. The predicted molar refractivity (Wildman–Crippen MR) is 119 cm³/mol. The zero-order chi connectivity index (χ0) is 20.7. The van der Waals surface area contributed by atoms with Crippen molar-refractivity contribution in [2.24, 2.45) is 0 Å². The SMILES string of the molecule is CCOc1ccc(C(=O)NCCN2CCN(S(=O)(=O)c3ccccc3)CC2)cc1.Cl. The topological polar surface area (TPSA) is 79.0 Å². The third-order valence-corrected chi connectivity index (χ3v) is 6.77. The molecule has 2 aromatic carbocycles. The Bertz CT molecular complexity index is 900. The van der Waals surface area contributed by atoms with Crippen LogP contribution in [-0.2, 0) is 10.0 Å². The van der Waals surface area contributed by atoms with Crippen molar-refractivity contribution < 1.29 is 17.9 Å². The van der Waals surface area contributed by atoms with Crippen LogP contribution in [0.2, 0.25) is 0 Å². The number of benzene rings is 2. The van der Waals surface area contributed by atoms with Gasteiger partial charge in [0.2, 0.25) is 10.0 Å². The minimum absolute atomic E-state index is 0. The van der Waals surface area contributed by atoms with E-state index in [0.717, 1.165) is 5.75 Å². The van der Waals surface area contributed by atoms with E-state index in [0.29, 0.717) is 56.3 Å². The van der Waals surface area contributed by atoms with E-state index in [1.165, 1.54) is 4.31 Å². The highest BCUT2D eigenvalue weighted by Gasteiger charge is 2.28. The zero-order valence-electron chi connectivity index (χ0n) is 17.0. The summed E-state index contributed by atoms with van der Waals surface area (Å²) in [4.78, 5) is 14.7. The summed E-state index contributed by atoms with van der Waals surface area (Å²) in [7, 11) is -3.44. The summed E-state index contributed by atoms with van der Waals surface area (Å²) in [5.74, 6) is 0.616. The van der Waals surface area contributed by atoms with Crippen LogP contribution in [0.25, 0.3) is 0 Å². The van der Waals surface area contributed by atoms with E-state index in [-0.39, 0.29) is 18.3 Å². The Morgan fingerprint density at radius 1 is 1.00 bits per heavy atom. The fourth-order valence-corrected chi connectivity index (χ4v) is 4.68. The molecular weight excluding hydrogens is 426 g/mol. The summed E-state index contributed by atoms with van der Waals surface area (Å²) >= 11 is 0. The Labute approximate surface area is 184 Å². The van der Waals surface area contributed by atoms with Crippen molar-refractivity contribution in [2.45, 2.75) is 11.8 Å². The van der Waals surface area contributed by atoms with E-state index in [1.54, 1.807) is 54.6 Å². The van der Waals surface area contributed by atoms with Crippen LogP contribution in [0.15, 0.2) is 59.5 Å². The number of hydrogen-bond acceptors (Lipinski definition) is 5. The molecule has 1 amide bonds. The summed E-state index contributed by atoms with van der Waals surface area (Å²) in [5.41, 5.74) is 0.590. The number of nitrogens with one attached hydrogen (secondary N) is 1. The number of amides is 1. The van der Waals surface area contributed by atoms with E-state index < -0.39 is 10.0 Å². The second-order valence-electron chi connectivity index (χ2n) is 6.77. The number of rotatable bonds is 8. The fraction of sp³-hybridized carbons (Fsp3) is 0.381.